The van der Waals surface area contributed by atoms with E-state index >= 15 is 0 Å². The van der Waals surface area contributed by atoms with E-state index in [2.05, 4.69) is 27.0 Å². The SMILES string of the molecule is ClC1=C2OCN(c3ccc4nccnc4c3)C2CCC1. The number of hydrogen-bond donors (Lipinski definition) is 0. The zero-order valence-electron chi connectivity index (χ0n) is 10.9. The van der Waals surface area contributed by atoms with Crippen molar-refractivity contribution in [3.63, 3.8) is 0 Å². The van der Waals surface area contributed by atoms with Gasteiger partial charge in [-0.25, -0.2) is 0 Å². The van der Waals surface area contributed by atoms with Crippen molar-refractivity contribution in [1.29, 1.82) is 0 Å². The molecule has 20 heavy (non-hydrogen) atoms. The first kappa shape index (κ1) is 12.0. The average molecular weight is 288 g/mol. The topological polar surface area (TPSA) is 38.2 Å². The largest absolute Gasteiger partial charge is 0.474 e. The highest BCUT2D eigenvalue weighted by atomic mass is 35.5. The van der Waals surface area contributed by atoms with Crippen LogP contribution in [-0.4, -0.2) is 22.7 Å². The van der Waals surface area contributed by atoms with Gasteiger partial charge in [0.05, 0.1) is 22.1 Å². The Hall–Kier alpha value is -1.81. The van der Waals surface area contributed by atoms with Gasteiger partial charge in [-0.15, -0.1) is 0 Å². The highest BCUT2D eigenvalue weighted by Crippen LogP contribution is 2.38. The summed E-state index contributed by atoms with van der Waals surface area (Å²) < 4.78 is 5.79. The number of benzene rings is 1. The van der Waals surface area contributed by atoms with Gasteiger partial charge >= 0.3 is 0 Å². The molecule has 1 atom stereocenters. The minimum absolute atomic E-state index is 0.269. The van der Waals surface area contributed by atoms with E-state index in [9.17, 15) is 0 Å². The molecule has 5 heteroatoms. The summed E-state index contributed by atoms with van der Waals surface area (Å²) in [5.74, 6) is 0.956. The van der Waals surface area contributed by atoms with E-state index in [0.717, 1.165) is 46.8 Å². The van der Waals surface area contributed by atoms with Crippen molar-refractivity contribution in [1.82, 2.24) is 9.97 Å². The predicted molar refractivity (Wildman–Crippen MR) is 78.5 cm³/mol. The van der Waals surface area contributed by atoms with Crippen LogP contribution in [-0.2, 0) is 4.74 Å². The summed E-state index contributed by atoms with van der Waals surface area (Å²) >= 11 is 6.27. The van der Waals surface area contributed by atoms with E-state index in [0.29, 0.717) is 6.73 Å². The van der Waals surface area contributed by atoms with Gasteiger partial charge in [-0.1, -0.05) is 11.6 Å². The zero-order valence-corrected chi connectivity index (χ0v) is 11.7. The molecule has 2 heterocycles. The highest BCUT2D eigenvalue weighted by Gasteiger charge is 2.35. The molecule has 4 nitrogen and oxygen atoms in total. The molecule has 1 fully saturated rings. The quantitative estimate of drug-likeness (QED) is 0.805. The molecule has 1 aliphatic carbocycles. The number of rotatable bonds is 1. The van der Waals surface area contributed by atoms with Gasteiger partial charge in [-0.05, 0) is 37.5 Å². The number of ether oxygens (including phenoxy) is 1. The summed E-state index contributed by atoms with van der Waals surface area (Å²) in [5, 5.41) is 0.879. The third-order valence-corrected chi connectivity index (χ3v) is 4.34. The fourth-order valence-corrected chi connectivity index (χ4v) is 3.29. The Morgan fingerprint density at radius 2 is 2.05 bits per heavy atom. The molecule has 4 rings (SSSR count). The summed E-state index contributed by atoms with van der Waals surface area (Å²) in [5.41, 5.74) is 2.93. The second kappa shape index (κ2) is 4.63. The lowest BCUT2D eigenvalue weighted by molar-refractivity contribution is 0.256. The monoisotopic (exact) mass is 287 g/mol. The third-order valence-electron chi connectivity index (χ3n) is 3.96. The zero-order chi connectivity index (χ0) is 13.5. The van der Waals surface area contributed by atoms with E-state index in [4.69, 9.17) is 16.3 Å². The number of aromatic nitrogens is 2. The minimum Gasteiger partial charge on any atom is -0.474 e. The number of anilines is 1. The molecule has 1 aliphatic heterocycles. The first-order valence-corrected chi connectivity index (χ1v) is 7.19. The number of allylic oxidation sites excluding steroid dienone is 1. The standard InChI is InChI=1S/C15H14ClN3O/c16-11-2-1-3-14-15(11)20-9-19(14)10-4-5-12-13(8-10)18-7-6-17-12/h4-8,14H,1-3,9H2. The lowest BCUT2D eigenvalue weighted by Gasteiger charge is -2.26. The molecular weight excluding hydrogens is 274 g/mol. The van der Waals surface area contributed by atoms with Crippen LogP contribution in [0, 0.1) is 0 Å². The molecule has 2 aromatic rings. The van der Waals surface area contributed by atoms with Crippen LogP contribution in [0.25, 0.3) is 11.0 Å². The van der Waals surface area contributed by atoms with Crippen LogP contribution >= 0.6 is 11.6 Å². The van der Waals surface area contributed by atoms with Gasteiger partial charge in [0.15, 0.2) is 6.73 Å². The van der Waals surface area contributed by atoms with Gasteiger partial charge in [0, 0.05) is 18.1 Å². The average Bonchev–Trinajstić information content (AvgIpc) is 2.92. The van der Waals surface area contributed by atoms with E-state index in [1.807, 2.05) is 6.07 Å². The molecular formula is C15H14ClN3O. The molecule has 1 aromatic carbocycles. The molecule has 0 radical (unpaired) electrons. The Morgan fingerprint density at radius 3 is 2.95 bits per heavy atom. The van der Waals surface area contributed by atoms with Gasteiger partial charge < -0.3 is 9.64 Å². The first-order valence-electron chi connectivity index (χ1n) is 6.82. The number of halogens is 1. The van der Waals surface area contributed by atoms with Crippen LogP contribution < -0.4 is 4.90 Å². The van der Waals surface area contributed by atoms with Gasteiger partial charge in [0.1, 0.15) is 5.76 Å². The van der Waals surface area contributed by atoms with Crippen LogP contribution in [0.2, 0.25) is 0 Å². The van der Waals surface area contributed by atoms with Crippen molar-refractivity contribution in [2.45, 2.75) is 25.3 Å². The van der Waals surface area contributed by atoms with Gasteiger partial charge in [-0.2, -0.15) is 0 Å². The number of hydrogen-bond acceptors (Lipinski definition) is 4. The van der Waals surface area contributed by atoms with Crippen LogP contribution in [0.1, 0.15) is 19.3 Å². The Bertz CT molecular complexity index is 700. The van der Waals surface area contributed by atoms with Crippen molar-refractivity contribution in [2.75, 3.05) is 11.6 Å². The van der Waals surface area contributed by atoms with Crippen molar-refractivity contribution < 1.29 is 4.74 Å². The summed E-state index contributed by atoms with van der Waals surface area (Å²) in [6.45, 7) is 0.558. The Kier molecular flexibility index (Phi) is 2.77. The lowest BCUT2D eigenvalue weighted by atomic mass is 9.99. The fraction of sp³-hybridized carbons (Fsp3) is 0.333. The van der Waals surface area contributed by atoms with Crippen molar-refractivity contribution in [3.05, 3.63) is 41.4 Å². The van der Waals surface area contributed by atoms with Crippen molar-refractivity contribution in [3.8, 4) is 0 Å². The normalized spacial score (nSPS) is 22.1. The van der Waals surface area contributed by atoms with Crippen LogP contribution in [0.4, 0.5) is 5.69 Å². The van der Waals surface area contributed by atoms with Crippen molar-refractivity contribution >= 4 is 28.3 Å². The molecule has 2 aliphatic rings. The molecule has 0 saturated carbocycles. The first-order chi connectivity index (χ1) is 9.83. The lowest BCUT2D eigenvalue weighted by Crippen LogP contribution is -2.31. The molecule has 0 bridgehead atoms. The fourth-order valence-electron chi connectivity index (χ4n) is 2.97. The van der Waals surface area contributed by atoms with E-state index in [1.54, 1.807) is 12.4 Å². The molecule has 0 amide bonds. The maximum Gasteiger partial charge on any atom is 0.161 e. The van der Waals surface area contributed by atoms with E-state index < -0.39 is 0 Å². The van der Waals surface area contributed by atoms with Crippen LogP contribution in [0.5, 0.6) is 0 Å². The predicted octanol–water partition coefficient (Wildman–Crippen LogP) is 3.43. The molecule has 0 N–H and O–H groups in total. The summed E-state index contributed by atoms with van der Waals surface area (Å²) in [6, 6.07) is 6.41. The third kappa shape index (κ3) is 1.83. The van der Waals surface area contributed by atoms with E-state index in [1.165, 1.54) is 0 Å². The summed E-state index contributed by atoms with van der Waals surface area (Å²) in [6.07, 6.45) is 6.56. The molecule has 0 spiro atoms. The Morgan fingerprint density at radius 1 is 1.20 bits per heavy atom. The minimum atomic E-state index is 0.269. The maximum atomic E-state index is 6.27. The smallest absolute Gasteiger partial charge is 0.161 e. The van der Waals surface area contributed by atoms with E-state index in [-0.39, 0.29) is 6.04 Å². The number of nitrogens with zero attached hydrogens (tertiary/aromatic N) is 3. The van der Waals surface area contributed by atoms with Crippen molar-refractivity contribution in [2.24, 2.45) is 0 Å². The second-order valence-electron chi connectivity index (χ2n) is 5.15. The maximum absolute atomic E-state index is 6.27. The summed E-state index contributed by atoms with van der Waals surface area (Å²) in [4.78, 5) is 10.9. The molecule has 1 aromatic heterocycles. The Labute approximate surface area is 122 Å². The molecule has 1 unspecified atom stereocenters. The molecule has 102 valence electrons. The van der Waals surface area contributed by atoms with Gasteiger partial charge in [0.2, 0.25) is 0 Å². The highest BCUT2D eigenvalue weighted by molar-refractivity contribution is 6.30. The Balaban J connectivity index is 1.74. The summed E-state index contributed by atoms with van der Waals surface area (Å²) in [7, 11) is 0. The number of fused-ring (bicyclic) bond motifs is 2. The van der Waals surface area contributed by atoms with Crippen LogP contribution in [0.15, 0.2) is 41.4 Å². The molecule has 1 saturated heterocycles. The van der Waals surface area contributed by atoms with Gasteiger partial charge in [0.25, 0.3) is 0 Å². The second-order valence-corrected chi connectivity index (χ2v) is 5.61. The van der Waals surface area contributed by atoms with Crippen LogP contribution in [0.3, 0.4) is 0 Å². The van der Waals surface area contributed by atoms with Gasteiger partial charge in [-0.3, -0.25) is 9.97 Å².